The van der Waals surface area contributed by atoms with Gasteiger partial charge >= 0.3 is 0 Å². The van der Waals surface area contributed by atoms with E-state index in [9.17, 15) is 0 Å². The molecule has 0 bridgehead atoms. The van der Waals surface area contributed by atoms with Crippen LogP contribution in [0.1, 0.15) is 33.1 Å². The molecular formula is C8H16N2. The Hall–Kier alpha value is -0.550. The zero-order valence-corrected chi connectivity index (χ0v) is 6.85. The highest BCUT2D eigenvalue weighted by molar-refractivity contribution is 4.79. The van der Waals surface area contributed by atoms with Crippen molar-refractivity contribution < 1.29 is 0 Å². The highest BCUT2D eigenvalue weighted by atomic mass is 14.9. The van der Waals surface area contributed by atoms with Crippen molar-refractivity contribution in [3.05, 3.63) is 0 Å². The summed E-state index contributed by atoms with van der Waals surface area (Å²) in [5, 5.41) is 11.7. The molecule has 0 rings (SSSR count). The lowest BCUT2D eigenvalue weighted by molar-refractivity contribution is 0.505. The Morgan fingerprint density at radius 3 is 2.60 bits per heavy atom. The van der Waals surface area contributed by atoms with Crippen molar-refractivity contribution in [2.75, 3.05) is 6.54 Å². The predicted molar refractivity (Wildman–Crippen MR) is 42.6 cm³/mol. The van der Waals surface area contributed by atoms with E-state index >= 15 is 0 Å². The van der Waals surface area contributed by atoms with E-state index in [0.29, 0.717) is 12.5 Å². The molecule has 0 saturated carbocycles. The van der Waals surface area contributed by atoms with Crippen molar-refractivity contribution in [1.82, 2.24) is 5.32 Å². The molecule has 0 unspecified atom stereocenters. The molecule has 0 fully saturated rings. The average Bonchev–Trinajstić information content (AvgIpc) is 1.98. The molecule has 0 saturated heterocycles. The van der Waals surface area contributed by atoms with Crippen molar-refractivity contribution in [1.29, 1.82) is 5.26 Å². The summed E-state index contributed by atoms with van der Waals surface area (Å²) in [4.78, 5) is 0. The van der Waals surface area contributed by atoms with Crippen molar-refractivity contribution in [2.45, 2.75) is 39.2 Å². The van der Waals surface area contributed by atoms with Crippen LogP contribution >= 0.6 is 0 Å². The zero-order valence-electron chi connectivity index (χ0n) is 6.85. The second-order valence-electron chi connectivity index (χ2n) is 2.42. The van der Waals surface area contributed by atoms with Crippen molar-refractivity contribution in [3.8, 4) is 6.07 Å². The van der Waals surface area contributed by atoms with Crippen LogP contribution in [0.3, 0.4) is 0 Å². The Kier molecular flexibility index (Phi) is 6.21. The number of hydrogen-bond acceptors (Lipinski definition) is 2. The second-order valence-corrected chi connectivity index (χ2v) is 2.42. The van der Waals surface area contributed by atoms with Gasteiger partial charge in [0, 0.05) is 6.04 Å². The van der Waals surface area contributed by atoms with E-state index in [1.54, 1.807) is 0 Å². The predicted octanol–water partition coefficient (Wildman–Crippen LogP) is 1.68. The van der Waals surface area contributed by atoms with E-state index in [1.165, 1.54) is 0 Å². The molecule has 0 aromatic carbocycles. The molecule has 0 aromatic rings. The largest absolute Gasteiger partial charge is 0.313 e. The highest BCUT2D eigenvalue weighted by Gasteiger charge is 2.01. The molecule has 10 heavy (non-hydrogen) atoms. The van der Waals surface area contributed by atoms with Crippen LogP contribution in [0.15, 0.2) is 0 Å². The molecule has 58 valence electrons. The Balaban J connectivity index is 3.32. The first-order chi connectivity index (χ1) is 4.85. The lowest BCUT2D eigenvalue weighted by Crippen LogP contribution is -2.28. The van der Waals surface area contributed by atoms with Gasteiger partial charge in [-0.05, 0) is 19.4 Å². The molecule has 1 atom stereocenters. The van der Waals surface area contributed by atoms with Crippen LogP contribution in [0, 0.1) is 11.3 Å². The van der Waals surface area contributed by atoms with E-state index in [1.807, 2.05) is 0 Å². The molecular weight excluding hydrogens is 124 g/mol. The third-order valence-corrected chi connectivity index (χ3v) is 1.51. The highest BCUT2D eigenvalue weighted by Crippen LogP contribution is 1.95. The summed E-state index contributed by atoms with van der Waals surface area (Å²) in [6.45, 7) is 5.26. The Labute approximate surface area is 63.2 Å². The van der Waals surface area contributed by atoms with E-state index in [2.05, 4.69) is 25.2 Å². The van der Waals surface area contributed by atoms with Crippen LogP contribution < -0.4 is 5.32 Å². The van der Waals surface area contributed by atoms with Gasteiger partial charge in [-0.1, -0.05) is 13.8 Å². The quantitative estimate of drug-likeness (QED) is 0.630. The van der Waals surface area contributed by atoms with Crippen LogP contribution in [0.4, 0.5) is 0 Å². The van der Waals surface area contributed by atoms with Crippen LogP contribution in [-0.4, -0.2) is 12.6 Å². The number of hydrogen-bond donors (Lipinski definition) is 1. The molecule has 2 nitrogen and oxygen atoms in total. The second kappa shape index (κ2) is 6.57. The maximum atomic E-state index is 8.38. The van der Waals surface area contributed by atoms with Crippen molar-refractivity contribution in [3.63, 3.8) is 0 Å². The number of rotatable bonds is 5. The monoisotopic (exact) mass is 140 g/mol. The first-order valence-electron chi connectivity index (χ1n) is 3.95. The topological polar surface area (TPSA) is 35.8 Å². The molecule has 1 N–H and O–H groups in total. The van der Waals surface area contributed by atoms with E-state index in [-0.39, 0.29) is 0 Å². The van der Waals surface area contributed by atoms with E-state index in [4.69, 9.17) is 5.26 Å². The summed E-state index contributed by atoms with van der Waals surface area (Å²) in [7, 11) is 0. The van der Waals surface area contributed by atoms with Gasteiger partial charge in [0.2, 0.25) is 0 Å². The maximum Gasteiger partial charge on any atom is 0.0638 e. The molecule has 0 radical (unpaired) electrons. The normalized spacial score (nSPS) is 12.5. The van der Waals surface area contributed by atoms with Crippen molar-refractivity contribution >= 4 is 0 Å². The van der Waals surface area contributed by atoms with Gasteiger partial charge in [0.05, 0.1) is 12.5 Å². The molecule has 0 heterocycles. The molecule has 0 aromatic heterocycles. The molecule has 0 aliphatic rings. The summed E-state index contributed by atoms with van der Waals surface area (Å²) in [5.74, 6) is 0. The van der Waals surface area contributed by atoms with Gasteiger partial charge in [-0.25, -0.2) is 0 Å². The fraction of sp³-hybridized carbons (Fsp3) is 0.875. The van der Waals surface area contributed by atoms with Crippen LogP contribution in [0.2, 0.25) is 0 Å². The molecule has 0 aliphatic carbocycles. The average molecular weight is 140 g/mol. The standard InChI is InChI=1S/C8H16N2/c1-3-7-10-8(4-2)5-6-9/h8,10H,3-5,7H2,1-2H3/t8-/m1/s1. The van der Waals surface area contributed by atoms with E-state index < -0.39 is 0 Å². The minimum atomic E-state index is 0.407. The third kappa shape index (κ3) is 4.34. The van der Waals surface area contributed by atoms with Crippen molar-refractivity contribution in [2.24, 2.45) is 0 Å². The molecule has 0 amide bonds. The van der Waals surface area contributed by atoms with Gasteiger partial charge in [-0.3, -0.25) is 0 Å². The SMILES string of the molecule is CCCN[C@H](CC)CC#N. The maximum absolute atomic E-state index is 8.38. The molecule has 2 heteroatoms. The Morgan fingerprint density at radius 2 is 2.20 bits per heavy atom. The fourth-order valence-corrected chi connectivity index (χ4v) is 0.819. The van der Waals surface area contributed by atoms with Gasteiger partial charge < -0.3 is 5.32 Å². The van der Waals surface area contributed by atoms with Gasteiger partial charge in [0.25, 0.3) is 0 Å². The first kappa shape index (κ1) is 9.45. The lowest BCUT2D eigenvalue weighted by Gasteiger charge is -2.11. The first-order valence-corrected chi connectivity index (χ1v) is 3.95. The number of nitriles is 1. The smallest absolute Gasteiger partial charge is 0.0638 e. The number of nitrogens with one attached hydrogen (secondary N) is 1. The summed E-state index contributed by atoms with van der Waals surface area (Å²) in [6.07, 6.45) is 2.83. The van der Waals surface area contributed by atoms with Gasteiger partial charge in [0.1, 0.15) is 0 Å². The summed E-state index contributed by atoms with van der Waals surface area (Å²) < 4.78 is 0. The lowest BCUT2D eigenvalue weighted by atomic mass is 10.1. The third-order valence-electron chi connectivity index (χ3n) is 1.51. The Morgan fingerprint density at radius 1 is 1.50 bits per heavy atom. The summed E-state index contributed by atoms with van der Waals surface area (Å²) in [6, 6.07) is 2.57. The van der Waals surface area contributed by atoms with Crippen LogP contribution in [0.5, 0.6) is 0 Å². The summed E-state index contributed by atoms with van der Waals surface area (Å²) in [5.41, 5.74) is 0. The van der Waals surface area contributed by atoms with Gasteiger partial charge in [-0.2, -0.15) is 5.26 Å². The van der Waals surface area contributed by atoms with E-state index in [0.717, 1.165) is 19.4 Å². The molecule has 0 aliphatic heterocycles. The van der Waals surface area contributed by atoms with Crippen LogP contribution in [0.25, 0.3) is 0 Å². The van der Waals surface area contributed by atoms with Crippen LogP contribution in [-0.2, 0) is 0 Å². The zero-order chi connectivity index (χ0) is 7.82. The fourth-order valence-electron chi connectivity index (χ4n) is 0.819. The molecule has 0 spiro atoms. The van der Waals surface area contributed by atoms with Gasteiger partial charge in [0.15, 0.2) is 0 Å². The Bertz CT molecular complexity index is 104. The van der Waals surface area contributed by atoms with Gasteiger partial charge in [-0.15, -0.1) is 0 Å². The minimum absolute atomic E-state index is 0.407. The minimum Gasteiger partial charge on any atom is -0.313 e. The summed E-state index contributed by atoms with van der Waals surface area (Å²) >= 11 is 0. The number of nitrogens with zero attached hydrogens (tertiary/aromatic N) is 1.